The molecule has 8 nitrogen and oxygen atoms in total. The van der Waals surface area contributed by atoms with E-state index in [0.29, 0.717) is 11.3 Å². The molecular formula is C19H22N2O6. The fraction of sp³-hybridized carbons (Fsp3) is 0.263. The Labute approximate surface area is 156 Å². The minimum Gasteiger partial charge on any atom is -0.456 e. The van der Waals surface area contributed by atoms with Gasteiger partial charge in [-0.05, 0) is 20.9 Å². The number of carbonyl (C=O) groups excluding carboxylic acids is 1. The molecule has 2 aromatic rings. The van der Waals surface area contributed by atoms with Crippen LogP contribution in [0.5, 0.6) is 0 Å². The number of ether oxygens (including phenoxy) is 2. The lowest BCUT2D eigenvalue weighted by atomic mass is 10.1. The van der Waals surface area contributed by atoms with Crippen LogP contribution < -0.4 is 16.5 Å². The molecule has 1 aromatic carbocycles. The SMILES string of the molecule is CNCC(O)O/C(=C(/C)OC(N)=O)c1oc(-c2ccccc2)cc(=O)c1C. The van der Waals surface area contributed by atoms with Crippen molar-refractivity contribution in [3.05, 3.63) is 63.7 Å². The molecule has 2 rings (SSSR count). The Kier molecular flexibility index (Phi) is 6.75. The molecular weight excluding hydrogens is 352 g/mol. The van der Waals surface area contributed by atoms with Gasteiger partial charge < -0.3 is 30.0 Å². The molecule has 1 atom stereocenters. The molecule has 0 fully saturated rings. The molecule has 0 saturated heterocycles. The van der Waals surface area contributed by atoms with E-state index in [0.717, 1.165) is 0 Å². The third-order valence-electron chi connectivity index (χ3n) is 3.66. The third-order valence-corrected chi connectivity index (χ3v) is 3.66. The summed E-state index contributed by atoms with van der Waals surface area (Å²) in [6.07, 6.45) is -2.34. The zero-order chi connectivity index (χ0) is 20.0. The molecule has 1 unspecified atom stereocenters. The largest absolute Gasteiger partial charge is 0.456 e. The highest BCUT2D eigenvalue weighted by molar-refractivity contribution is 5.70. The Hall–Kier alpha value is -3.10. The van der Waals surface area contributed by atoms with E-state index in [9.17, 15) is 14.7 Å². The molecule has 1 heterocycles. The molecule has 8 heteroatoms. The van der Waals surface area contributed by atoms with Crippen LogP contribution in [0, 0.1) is 6.92 Å². The summed E-state index contributed by atoms with van der Waals surface area (Å²) in [5, 5.41) is 12.7. The summed E-state index contributed by atoms with van der Waals surface area (Å²) in [7, 11) is 1.63. The molecule has 144 valence electrons. The molecule has 0 spiro atoms. The Morgan fingerprint density at radius 3 is 2.59 bits per heavy atom. The molecule has 1 amide bonds. The average molecular weight is 374 g/mol. The Morgan fingerprint density at radius 1 is 1.33 bits per heavy atom. The van der Waals surface area contributed by atoms with E-state index in [4.69, 9.17) is 19.6 Å². The first kappa shape index (κ1) is 20.2. The van der Waals surface area contributed by atoms with E-state index in [1.807, 2.05) is 6.07 Å². The molecule has 27 heavy (non-hydrogen) atoms. The van der Waals surface area contributed by atoms with Crippen LogP contribution in [0.4, 0.5) is 4.79 Å². The third kappa shape index (κ3) is 5.19. The number of hydrogen-bond donors (Lipinski definition) is 3. The van der Waals surface area contributed by atoms with Crippen molar-refractivity contribution in [3.63, 3.8) is 0 Å². The maximum absolute atomic E-state index is 12.4. The lowest BCUT2D eigenvalue weighted by Gasteiger charge is -2.18. The number of nitrogens with one attached hydrogen (secondary N) is 1. The van der Waals surface area contributed by atoms with Gasteiger partial charge in [0.15, 0.2) is 16.9 Å². The van der Waals surface area contributed by atoms with Crippen LogP contribution in [0.2, 0.25) is 0 Å². The number of rotatable bonds is 7. The number of aliphatic hydroxyl groups is 1. The maximum Gasteiger partial charge on any atom is 0.409 e. The fourth-order valence-corrected chi connectivity index (χ4v) is 2.36. The average Bonchev–Trinajstić information content (AvgIpc) is 2.62. The number of nitrogens with two attached hydrogens (primary N) is 1. The molecule has 0 aliphatic carbocycles. The highest BCUT2D eigenvalue weighted by Gasteiger charge is 2.22. The summed E-state index contributed by atoms with van der Waals surface area (Å²) in [4.78, 5) is 23.6. The monoisotopic (exact) mass is 374 g/mol. The quantitative estimate of drug-likeness (QED) is 0.500. The summed E-state index contributed by atoms with van der Waals surface area (Å²) in [5.74, 6) is 0.200. The van der Waals surface area contributed by atoms with Crippen molar-refractivity contribution in [2.24, 2.45) is 5.73 Å². The van der Waals surface area contributed by atoms with E-state index in [1.54, 1.807) is 38.2 Å². The molecule has 1 aromatic heterocycles. The number of benzene rings is 1. The molecule has 0 bridgehead atoms. The van der Waals surface area contributed by atoms with Gasteiger partial charge in [-0.25, -0.2) is 4.79 Å². The maximum atomic E-state index is 12.4. The second kappa shape index (κ2) is 9.02. The van der Waals surface area contributed by atoms with Crippen LogP contribution in [0.25, 0.3) is 17.1 Å². The molecule has 0 saturated carbocycles. The van der Waals surface area contributed by atoms with Gasteiger partial charge in [0.25, 0.3) is 0 Å². The first-order valence-corrected chi connectivity index (χ1v) is 8.21. The van der Waals surface area contributed by atoms with Crippen molar-refractivity contribution in [3.8, 4) is 11.3 Å². The number of amides is 1. The van der Waals surface area contributed by atoms with Crippen molar-refractivity contribution in [1.82, 2.24) is 5.32 Å². The van der Waals surface area contributed by atoms with Crippen LogP contribution >= 0.6 is 0 Å². The number of carbonyl (C=O) groups is 1. The lowest BCUT2D eigenvalue weighted by Crippen LogP contribution is -2.26. The van der Waals surface area contributed by atoms with Gasteiger partial charge in [-0.2, -0.15) is 0 Å². The zero-order valence-corrected chi connectivity index (χ0v) is 15.3. The van der Waals surface area contributed by atoms with Gasteiger partial charge in [0.05, 0.1) is 6.54 Å². The van der Waals surface area contributed by atoms with Crippen LogP contribution in [-0.2, 0) is 9.47 Å². The number of likely N-dealkylation sites (N-methyl/N-ethyl adjacent to an activating group) is 1. The van der Waals surface area contributed by atoms with Gasteiger partial charge in [-0.1, -0.05) is 30.3 Å². The zero-order valence-electron chi connectivity index (χ0n) is 15.3. The molecule has 4 N–H and O–H groups in total. The summed E-state index contributed by atoms with van der Waals surface area (Å²) in [6, 6.07) is 10.4. The Bertz CT molecular complexity index is 889. The van der Waals surface area contributed by atoms with Crippen molar-refractivity contribution in [2.75, 3.05) is 13.6 Å². The van der Waals surface area contributed by atoms with Gasteiger partial charge in [0, 0.05) is 17.2 Å². The highest BCUT2D eigenvalue weighted by atomic mass is 16.6. The minimum absolute atomic E-state index is 0.0373. The number of hydrogen-bond acceptors (Lipinski definition) is 7. The summed E-state index contributed by atoms with van der Waals surface area (Å²) in [6.45, 7) is 3.05. The van der Waals surface area contributed by atoms with E-state index >= 15 is 0 Å². The number of allylic oxidation sites excluding steroid dienone is 1. The normalized spacial score (nSPS) is 12.9. The first-order valence-electron chi connectivity index (χ1n) is 8.21. The van der Waals surface area contributed by atoms with E-state index in [1.165, 1.54) is 13.0 Å². The van der Waals surface area contributed by atoms with E-state index < -0.39 is 12.4 Å². The predicted molar refractivity (Wildman–Crippen MR) is 99.4 cm³/mol. The predicted octanol–water partition coefficient (Wildman–Crippen LogP) is 1.95. The van der Waals surface area contributed by atoms with Crippen molar-refractivity contribution in [1.29, 1.82) is 0 Å². The molecule has 0 aliphatic heterocycles. The van der Waals surface area contributed by atoms with E-state index in [-0.39, 0.29) is 34.8 Å². The number of primary amides is 1. The van der Waals surface area contributed by atoms with Gasteiger partial charge >= 0.3 is 6.09 Å². The molecule has 0 aliphatic rings. The number of aliphatic hydroxyl groups excluding tert-OH is 1. The first-order chi connectivity index (χ1) is 12.8. The van der Waals surface area contributed by atoms with Crippen molar-refractivity contribution >= 4 is 11.9 Å². The van der Waals surface area contributed by atoms with Gasteiger partial charge in [-0.15, -0.1) is 0 Å². The summed E-state index contributed by atoms with van der Waals surface area (Å²) in [5.41, 5.74) is 5.68. The Morgan fingerprint density at radius 2 is 2.00 bits per heavy atom. The summed E-state index contributed by atoms with van der Waals surface area (Å²) >= 11 is 0. The lowest BCUT2D eigenvalue weighted by molar-refractivity contribution is -0.0390. The smallest absolute Gasteiger partial charge is 0.409 e. The fourth-order valence-electron chi connectivity index (χ4n) is 2.36. The minimum atomic E-state index is -1.28. The summed E-state index contributed by atoms with van der Waals surface area (Å²) < 4.78 is 16.2. The van der Waals surface area contributed by atoms with Crippen LogP contribution in [0.1, 0.15) is 18.2 Å². The van der Waals surface area contributed by atoms with Crippen molar-refractivity contribution in [2.45, 2.75) is 20.1 Å². The second-order valence-electron chi connectivity index (χ2n) is 5.73. The van der Waals surface area contributed by atoms with Crippen LogP contribution in [-0.4, -0.2) is 31.1 Å². The highest BCUT2D eigenvalue weighted by Crippen LogP contribution is 2.28. The standard InChI is InChI=1S/C19H22N2O6/c1-11-14(22)9-15(13-7-5-4-6-8-13)26-17(11)18(12(2)25-19(20)24)27-16(23)10-21-3/h4-9,16,21,23H,10H2,1-3H3,(H2,20,24)/b18-12-. The van der Waals surface area contributed by atoms with Crippen molar-refractivity contribution < 1.29 is 23.8 Å². The molecule has 0 radical (unpaired) electrons. The second-order valence-corrected chi connectivity index (χ2v) is 5.73. The van der Waals surface area contributed by atoms with Gasteiger partial charge in [-0.3, -0.25) is 4.79 Å². The van der Waals surface area contributed by atoms with Gasteiger partial charge in [0.2, 0.25) is 12.0 Å². The van der Waals surface area contributed by atoms with Gasteiger partial charge in [0.1, 0.15) is 5.76 Å². The van der Waals surface area contributed by atoms with E-state index in [2.05, 4.69) is 5.32 Å². The topological polar surface area (TPSA) is 124 Å². The Balaban J connectivity index is 2.62. The van der Waals surface area contributed by atoms with Crippen LogP contribution in [0.15, 0.2) is 51.4 Å². The van der Waals surface area contributed by atoms with Crippen LogP contribution in [0.3, 0.4) is 0 Å².